The van der Waals surface area contributed by atoms with Crippen molar-refractivity contribution in [3.63, 3.8) is 0 Å². The number of rotatable bonds is 3. The van der Waals surface area contributed by atoms with Gasteiger partial charge in [-0.2, -0.15) is 4.31 Å². The Morgan fingerprint density at radius 2 is 1.68 bits per heavy atom. The fourth-order valence-corrected chi connectivity index (χ4v) is 4.94. The summed E-state index contributed by atoms with van der Waals surface area (Å²) in [5.74, 6) is 0. The number of benzene rings is 1. The third kappa shape index (κ3) is 3.40. The van der Waals surface area contributed by atoms with E-state index in [4.69, 9.17) is 4.42 Å². The standard InChI is InChI=1S/C21H25N3O3S/c1-21(2,3)16-6-8-17(9-7-16)28(25,26)24-13-11-23(12-14-24)18-15-27-19-5-4-10-22-20(18)19/h4-10,15H,11-14H2,1-3H3. The van der Waals surface area contributed by atoms with Crippen molar-refractivity contribution < 1.29 is 12.8 Å². The monoisotopic (exact) mass is 399 g/mol. The summed E-state index contributed by atoms with van der Waals surface area (Å²) in [5, 5.41) is 0. The van der Waals surface area contributed by atoms with Crippen LogP contribution < -0.4 is 4.90 Å². The molecule has 0 aliphatic carbocycles. The minimum atomic E-state index is -3.49. The molecule has 1 aromatic carbocycles. The molecule has 2 aromatic heterocycles. The van der Waals surface area contributed by atoms with Crippen LogP contribution in [-0.2, 0) is 15.4 Å². The van der Waals surface area contributed by atoms with Gasteiger partial charge in [0.2, 0.25) is 10.0 Å². The predicted octanol–water partition coefficient (Wildman–Crippen LogP) is 3.64. The maximum Gasteiger partial charge on any atom is 0.243 e. The SMILES string of the molecule is CC(C)(C)c1ccc(S(=O)(=O)N2CCN(c3coc4cccnc34)CC2)cc1. The van der Waals surface area contributed by atoms with Crippen molar-refractivity contribution in [3.05, 3.63) is 54.4 Å². The maximum absolute atomic E-state index is 13.0. The predicted molar refractivity (Wildman–Crippen MR) is 110 cm³/mol. The average molecular weight is 400 g/mol. The van der Waals surface area contributed by atoms with Gasteiger partial charge in [-0.1, -0.05) is 32.9 Å². The molecular formula is C21H25N3O3S. The van der Waals surface area contributed by atoms with Crippen LogP contribution in [0.5, 0.6) is 0 Å². The van der Waals surface area contributed by atoms with Crippen LogP contribution in [0.15, 0.2) is 58.2 Å². The third-order valence-corrected chi connectivity index (χ3v) is 7.16. The number of pyridine rings is 1. The van der Waals surface area contributed by atoms with E-state index in [-0.39, 0.29) is 5.41 Å². The number of anilines is 1. The molecule has 1 aliphatic rings. The first-order chi connectivity index (χ1) is 13.3. The summed E-state index contributed by atoms with van der Waals surface area (Å²) in [6.45, 7) is 8.42. The van der Waals surface area contributed by atoms with Gasteiger partial charge in [-0.15, -0.1) is 0 Å². The summed E-state index contributed by atoms with van der Waals surface area (Å²) >= 11 is 0. The Morgan fingerprint density at radius 1 is 1.00 bits per heavy atom. The Hall–Kier alpha value is -2.38. The van der Waals surface area contributed by atoms with Gasteiger partial charge in [-0.25, -0.2) is 8.42 Å². The minimum absolute atomic E-state index is 0.00464. The van der Waals surface area contributed by atoms with E-state index in [1.165, 1.54) is 0 Å². The highest BCUT2D eigenvalue weighted by Crippen LogP contribution is 2.29. The second-order valence-electron chi connectivity index (χ2n) is 8.14. The van der Waals surface area contributed by atoms with Gasteiger partial charge in [0, 0.05) is 32.4 Å². The molecule has 0 amide bonds. The van der Waals surface area contributed by atoms with E-state index in [1.807, 2.05) is 24.3 Å². The summed E-state index contributed by atoms with van der Waals surface area (Å²) in [7, 11) is -3.49. The van der Waals surface area contributed by atoms with Crippen LogP contribution >= 0.6 is 0 Å². The molecule has 6 nitrogen and oxygen atoms in total. The molecule has 7 heteroatoms. The molecule has 3 heterocycles. The highest BCUT2D eigenvalue weighted by molar-refractivity contribution is 7.89. The third-order valence-electron chi connectivity index (χ3n) is 5.25. The lowest BCUT2D eigenvalue weighted by Crippen LogP contribution is -2.48. The summed E-state index contributed by atoms with van der Waals surface area (Å²) in [6, 6.07) is 11.0. The molecule has 0 radical (unpaired) electrons. The Kier molecular flexibility index (Phi) is 4.67. The van der Waals surface area contributed by atoms with Gasteiger partial charge in [0.05, 0.1) is 4.90 Å². The zero-order valence-corrected chi connectivity index (χ0v) is 17.2. The van der Waals surface area contributed by atoms with Gasteiger partial charge in [-0.3, -0.25) is 4.98 Å². The van der Waals surface area contributed by atoms with Gasteiger partial charge < -0.3 is 9.32 Å². The zero-order chi connectivity index (χ0) is 19.9. The second-order valence-corrected chi connectivity index (χ2v) is 10.1. The second kappa shape index (κ2) is 6.90. The molecule has 0 atom stereocenters. The summed E-state index contributed by atoms with van der Waals surface area (Å²) in [5.41, 5.74) is 3.59. The molecular weight excluding hydrogens is 374 g/mol. The Balaban J connectivity index is 1.49. The van der Waals surface area contributed by atoms with E-state index >= 15 is 0 Å². The van der Waals surface area contributed by atoms with Crippen molar-refractivity contribution >= 4 is 26.8 Å². The first kappa shape index (κ1) is 19.0. The highest BCUT2D eigenvalue weighted by Gasteiger charge is 2.30. The van der Waals surface area contributed by atoms with E-state index in [0.29, 0.717) is 31.1 Å². The van der Waals surface area contributed by atoms with Crippen LogP contribution in [0.3, 0.4) is 0 Å². The van der Waals surface area contributed by atoms with Crippen molar-refractivity contribution in [2.75, 3.05) is 31.1 Å². The van der Waals surface area contributed by atoms with E-state index in [9.17, 15) is 8.42 Å². The van der Waals surface area contributed by atoms with E-state index in [0.717, 1.165) is 22.4 Å². The fourth-order valence-electron chi connectivity index (χ4n) is 3.52. The van der Waals surface area contributed by atoms with Crippen LogP contribution in [-0.4, -0.2) is 43.9 Å². The Bertz CT molecular complexity index is 1070. The van der Waals surface area contributed by atoms with Crippen molar-refractivity contribution in [1.29, 1.82) is 0 Å². The molecule has 0 bridgehead atoms. The minimum Gasteiger partial charge on any atom is -0.460 e. The fraction of sp³-hybridized carbons (Fsp3) is 0.381. The lowest BCUT2D eigenvalue weighted by atomic mass is 9.87. The molecule has 0 spiro atoms. The Labute approximate surface area is 165 Å². The van der Waals surface area contributed by atoms with Gasteiger partial charge in [-0.05, 0) is 35.2 Å². The number of fused-ring (bicyclic) bond motifs is 1. The van der Waals surface area contributed by atoms with Gasteiger partial charge in [0.1, 0.15) is 17.5 Å². The van der Waals surface area contributed by atoms with Crippen LogP contribution in [0.4, 0.5) is 5.69 Å². The van der Waals surface area contributed by atoms with Crippen LogP contribution in [0.25, 0.3) is 11.1 Å². The van der Waals surface area contributed by atoms with Gasteiger partial charge >= 0.3 is 0 Å². The van der Waals surface area contributed by atoms with Crippen molar-refractivity contribution in [2.24, 2.45) is 0 Å². The normalized spacial score (nSPS) is 16.6. The number of hydrogen-bond donors (Lipinski definition) is 0. The Morgan fingerprint density at radius 3 is 2.32 bits per heavy atom. The molecule has 4 rings (SSSR count). The van der Waals surface area contributed by atoms with Gasteiger partial charge in [0.15, 0.2) is 5.58 Å². The van der Waals surface area contributed by atoms with E-state index < -0.39 is 10.0 Å². The number of aromatic nitrogens is 1. The van der Waals surface area contributed by atoms with Crippen molar-refractivity contribution in [1.82, 2.24) is 9.29 Å². The van der Waals surface area contributed by atoms with E-state index in [2.05, 4.69) is 30.7 Å². The molecule has 3 aromatic rings. The molecule has 1 saturated heterocycles. The molecule has 1 aliphatic heterocycles. The smallest absolute Gasteiger partial charge is 0.243 e. The molecule has 0 saturated carbocycles. The molecule has 148 valence electrons. The molecule has 0 N–H and O–H groups in total. The molecule has 28 heavy (non-hydrogen) atoms. The largest absolute Gasteiger partial charge is 0.460 e. The maximum atomic E-state index is 13.0. The summed E-state index contributed by atoms with van der Waals surface area (Å²) < 4.78 is 33.2. The van der Waals surface area contributed by atoms with E-state index in [1.54, 1.807) is 28.9 Å². The number of piperazine rings is 1. The number of nitrogens with zero attached hydrogens (tertiary/aromatic N) is 3. The van der Waals surface area contributed by atoms with Crippen molar-refractivity contribution in [3.8, 4) is 0 Å². The first-order valence-corrected chi connectivity index (χ1v) is 10.9. The summed E-state index contributed by atoms with van der Waals surface area (Å²) in [6.07, 6.45) is 3.44. The van der Waals surface area contributed by atoms with Crippen LogP contribution in [0.2, 0.25) is 0 Å². The molecule has 1 fully saturated rings. The van der Waals surface area contributed by atoms with Gasteiger partial charge in [0.25, 0.3) is 0 Å². The molecule has 0 unspecified atom stereocenters. The number of hydrogen-bond acceptors (Lipinski definition) is 5. The number of sulfonamides is 1. The lowest BCUT2D eigenvalue weighted by Gasteiger charge is -2.34. The highest BCUT2D eigenvalue weighted by atomic mass is 32.2. The number of furan rings is 1. The first-order valence-electron chi connectivity index (χ1n) is 9.45. The average Bonchev–Trinajstić information content (AvgIpc) is 3.12. The van der Waals surface area contributed by atoms with Crippen molar-refractivity contribution in [2.45, 2.75) is 31.1 Å². The van der Waals surface area contributed by atoms with Crippen LogP contribution in [0.1, 0.15) is 26.3 Å². The summed E-state index contributed by atoms with van der Waals surface area (Å²) in [4.78, 5) is 6.88. The zero-order valence-electron chi connectivity index (χ0n) is 16.4. The van der Waals surface area contributed by atoms with Crippen LogP contribution in [0, 0.1) is 0 Å². The quantitative estimate of drug-likeness (QED) is 0.673. The lowest BCUT2D eigenvalue weighted by molar-refractivity contribution is 0.384. The topological polar surface area (TPSA) is 66.7 Å².